The van der Waals surface area contributed by atoms with E-state index in [1.54, 1.807) is 0 Å². The zero-order valence-electron chi connectivity index (χ0n) is 12.3. The van der Waals surface area contributed by atoms with Gasteiger partial charge in [-0.3, -0.25) is 0 Å². The molecule has 0 amide bonds. The van der Waals surface area contributed by atoms with Crippen LogP contribution >= 0.6 is 0 Å². The summed E-state index contributed by atoms with van der Waals surface area (Å²) in [7, 11) is 2.04. The fourth-order valence-corrected chi connectivity index (χ4v) is 2.04. The maximum atomic E-state index is 8.63. The lowest BCUT2D eigenvalue weighted by Crippen LogP contribution is -2.32. The second kappa shape index (κ2) is 7.14. The van der Waals surface area contributed by atoms with E-state index >= 15 is 0 Å². The van der Waals surface area contributed by atoms with E-state index in [2.05, 4.69) is 48.2 Å². The molecule has 0 heterocycles. The van der Waals surface area contributed by atoms with Crippen molar-refractivity contribution >= 4 is 5.84 Å². The molecule has 1 aromatic rings. The molecule has 4 nitrogen and oxygen atoms in total. The Balaban J connectivity index is 2.55. The van der Waals surface area contributed by atoms with E-state index in [-0.39, 0.29) is 11.8 Å². The Hall–Kier alpha value is -1.55. The lowest BCUT2D eigenvalue weighted by molar-refractivity contribution is 0.290. The van der Waals surface area contributed by atoms with Crippen LogP contribution < -0.4 is 5.73 Å². The average Bonchev–Trinajstić information content (AvgIpc) is 2.38. The number of hydrogen-bond donors (Lipinski definition) is 2. The molecule has 4 heteroatoms. The highest BCUT2D eigenvalue weighted by molar-refractivity contribution is 5.82. The van der Waals surface area contributed by atoms with Crippen LogP contribution in [0.1, 0.15) is 37.8 Å². The van der Waals surface area contributed by atoms with Crippen molar-refractivity contribution in [1.29, 1.82) is 0 Å². The van der Waals surface area contributed by atoms with Crippen molar-refractivity contribution < 1.29 is 5.21 Å². The van der Waals surface area contributed by atoms with Gasteiger partial charge in [0.05, 0.1) is 0 Å². The van der Waals surface area contributed by atoms with Crippen LogP contribution in [0.5, 0.6) is 0 Å². The van der Waals surface area contributed by atoms with Gasteiger partial charge in [0.15, 0.2) is 0 Å². The van der Waals surface area contributed by atoms with Crippen molar-refractivity contribution in [2.45, 2.75) is 33.2 Å². The number of benzene rings is 1. The zero-order valence-corrected chi connectivity index (χ0v) is 12.3. The van der Waals surface area contributed by atoms with Gasteiger partial charge in [0, 0.05) is 19.0 Å². The monoisotopic (exact) mass is 263 g/mol. The van der Waals surface area contributed by atoms with E-state index in [1.165, 1.54) is 11.1 Å². The minimum atomic E-state index is 0.0462. The molecule has 3 N–H and O–H groups in total. The average molecular weight is 263 g/mol. The summed E-state index contributed by atoms with van der Waals surface area (Å²) in [4.78, 5) is 2.17. The van der Waals surface area contributed by atoms with Gasteiger partial charge in [-0.25, -0.2) is 0 Å². The molecule has 0 aliphatic rings. The molecule has 0 spiro atoms. The number of amidine groups is 1. The standard InChI is InChI=1S/C15H25N3O/c1-11(2)14-7-5-13(6-8-14)10-18(4)9-12(3)15(16)17-19/h5-8,11-12,19H,9-10H2,1-4H3,(H2,16,17). The summed E-state index contributed by atoms with van der Waals surface area (Å²) in [6, 6.07) is 8.70. The lowest BCUT2D eigenvalue weighted by Gasteiger charge is -2.20. The third-order valence-electron chi connectivity index (χ3n) is 3.30. The molecule has 19 heavy (non-hydrogen) atoms. The Labute approximate surface area is 115 Å². The summed E-state index contributed by atoms with van der Waals surface area (Å²) >= 11 is 0. The van der Waals surface area contributed by atoms with Crippen LogP contribution in [0.15, 0.2) is 29.4 Å². The van der Waals surface area contributed by atoms with Crippen molar-refractivity contribution in [3.63, 3.8) is 0 Å². The van der Waals surface area contributed by atoms with Crippen LogP contribution in [0, 0.1) is 5.92 Å². The Morgan fingerprint density at radius 1 is 1.26 bits per heavy atom. The first-order valence-electron chi connectivity index (χ1n) is 6.68. The fourth-order valence-electron chi connectivity index (χ4n) is 2.04. The smallest absolute Gasteiger partial charge is 0.143 e. The van der Waals surface area contributed by atoms with Crippen molar-refractivity contribution in [2.24, 2.45) is 16.8 Å². The molecule has 0 fully saturated rings. The van der Waals surface area contributed by atoms with Gasteiger partial charge >= 0.3 is 0 Å². The van der Waals surface area contributed by atoms with Crippen LogP contribution in [0.2, 0.25) is 0 Å². The van der Waals surface area contributed by atoms with Gasteiger partial charge in [0.25, 0.3) is 0 Å². The van der Waals surface area contributed by atoms with Gasteiger partial charge < -0.3 is 15.8 Å². The quantitative estimate of drug-likeness (QED) is 0.359. The Bertz CT molecular complexity index is 412. The molecule has 1 aromatic carbocycles. The highest BCUT2D eigenvalue weighted by Gasteiger charge is 2.11. The highest BCUT2D eigenvalue weighted by atomic mass is 16.4. The normalized spacial score (nSPS) is 14.1. The minimum Gasteiger partial charge on any atom is -0.409 e. The van der Waals surface area contributed by atoms with E-state index in [4.69, 9.17) is 10.9 Å². The van der Waals surface area contributed by atoms with E-state index in [1.807, 2.05) is 14.0 Å². The van der Waals surface area contributed by atoms with Gasteiger partial charge in [-0.1, -0.05) is 50.2 Å². The van der Waals surface area contributed by atoms with Gasteiger partial charge in [-0.2, -0.15) is 0 Å². The molecule has 0 saturated heterocycles. The van der Waals surface area contributed by atoms with Crippen LogP contribution in [-0.4, -0.2) is 29.5 Å². The predicted octanol–water partition coefficient (Wildman–Crippen LogP) is 2.62. The lowest BCUT2D eigenvalue weighted by atomic mass is 10.0. The molecule has 0 radical (unpaired) electrons. The predicted molar refractivity (Wildman–Crippen MR) is 79.4 cm³/mol. The molecule has 0 aliphatic carbocycles. The maximum Gasteiger partial charge on any atom is 0.143 e. The maximum absolute atomic E-state index is 8.63. The minimum absolute atomic E-state index is 0.0462. The summed E-state index contributed by atoms with van der Waals surface area (Å²) < 4.78 is 0. The SMILES string of the molecule is CC(CN(C)Cc1ccc(C(C)C)cc1)/C(N)=N/O. The van der Waals surface area contributed by atoms with Crippen LogP contribution in [-0.2, 0) is 6.54 Å². The van der Waals surface area contributed by atoms with Gasteiger partial charge in [-0.15, -0.1) is 0 Å². The van der Waals surface area contributed by atoms with Crippen molar-refractivity contribution in [3.05, 3.63) is 35.4 Å². The number of nitrogens with two attached hydrogens (primary N) is 1. The van der Waals surface area contributed by atoms with Crippen molar-refractivity contribution in [3.8, 4) is 0 Å². The molecule has 1 rings (SSSR count). The van der Waals surface area contributed by atoms with E-state index in [0.29, 0.717) is 5.92 Å². The molecular formula is C15H25N3O. The van der Waals surface area contributed by atoms with E-state index in [9.17, 15) is 0 Å². The molecule has 106 valence electrons. The Morgan fingerprint density at radius 2 is 1.84 bits per heavy atom. The van der Waals surface area contributed by atoms with E-state index < -0.39 is 0 Å². The topological polar surface area (TPSA) is 61.8 Å². The molecule has 0 saturated carbocycles. The van der Waals surface area contributed by atoms with Crippen molar-refractivity contribution in [1.82, 2.24) is 4.90 Å². The van der Waals surface area contributed by atoms with Crippen molar-refractivity contribution in [2.75, 3.05) is 13.6 Å². The Kier molecular flexibility index (Phi) is 5.83. The fraction of sp³-hybridized carbons (Fsp3) is 0.533. The highest BCUT2D eigenvalue weighted by Crippen LogP contribution is 2.15. The second-order valence-electron chi connectivity index (χ2n) is 5.52. The first kappa shape index (κ1) is 15.5. The van der Waals surface area contributed by atoms with Crippen LogP contribution in [0.25, 0.3) is 0 Å². The summed E-state index contributed by atoms with van der Waals surface area (Å²) in [5.41, 5.74) is 8.22. The number of oxime groups is 1. The number of rotatable bonds is 6. The molecule has 0 aliphatic heterocycles. The first-order valence-corrected chi connectivity index (χ1v) is 6.68. The summed E-state index contributed by atoms with van der Waals surface area (Å²) in [6.07, 6.45) is 0. The summed E-state index contributed by atoms with van der Waals surface area (Å²) in [6.45, 7) is 7.97. The van der Waals surface area contributed by atoms with Crippen LogP contribution in [0.4, 0.5) is 0 Å². The molecular weight excluding hydrogens is 238 g/mol. The number of hydrogen-bond acceptors (Lipinski definition) is 3. The third kappa shape index (κ3) is 4.91. The van der Waals surface area contributed by atoms with Gasteiger partial charge in [0.2, 0.25) is 0 Å². The molecule has 0 bridgehead atoms. The molecule has 1 unspecified atom stereocenters. The number of nitrogens with zero attached hydrogens (tertiary/aromatic N) is 2. The first-order chi connectivity index (χ1) is 8.93. The van der Waals surface area contributed by atoms with E-state index in [0.717, 1.165) is 13.1 Å². The Morgan fingerprint density at radius 3 is 2.32 bits per heavy atom. The van der Waals surface area contributed by atoms with Gasteiger partial charge in [0.1, 0.15) is 5.84 Å². The van der Waals surface area contributed by atoms with Gasteiger partial charge in [-0.05, 0) is 24.1 Å². The summed E-state index contributed by atoms with van der Waals surface area (Å²) in [5.74, 6) is 0.888. The second-order valence-corrected chi connectivity index (χ2v) is 5.52. The summed E-state index contributed by atoms with van der Waals surface area (Å²) in [5, 5.41) is 11.7. The van der Waals surface area contributed by atoms with Crippen LogP contribution in [0.3, 0.4) is 0 Å². The zero-order chi connectivity index (χ0) is 14.4. The largest absolute Gasteiger partial charge is 0.409 e. The third-order valence-corrected chi connectivity index (χ3v) is 3.30. The molecule has 0 aromatic heterocycles. The molecule has 1 atom stereocenters.